The molecule has 0 aromatic heterocycles. The van der Waals surface area contributed by atoms with Crippen LogP contribution in [0.5, 0.6) is 0 Å². The Morgan fingerprint density at radius 1 is 0.467 bits per heavy atom. The maximum Gasteiger partial charge on any atom is 0.384 e. The van der Waals surface area contributed by atoms with E-state index in [1.807, 2.05) is 0 Å². The van der Waals surface area contributed by atoms with E-state index in [0.717, 1.165) is 0 Å². The minimum absolute atomic E-state index is 0.390. The minimum Gasteiger partial charge on any atom is -0.244 e. The van der Waals surface area contributed by atoms with Crippen molar-refractivity contribution >= 4 is 27.5 Å². The maximum atomic E-state index is 13.3. The second kappa shape index (κ2) is 7.26. The van der Waals surface area contributed by atoms with Crippen molar-refractivity contribution in [2.24, 2.45) is 0 Å². The Morgan fingerprint density at radius 2 is 0.700 bits per heavy atom. The number of alkyl halides is 20. The van der Waals surface area contributed by atoms with Crippen LogP contribution in [0.4, 0.5) is 79.0 Å². The number of halogens is 20. The number of hydrogen-bond acceptors (Lipinski definition) is 0. The topological polar surface area (TPSA) is 0 Å². The summed E-state index contributed by atoms with van der Waals surface area (Å²) in [6.07, 6.45) is 0. The van der Waals surface area contributed by atoms with E-state index in [4.69, 9.17) is 0 Å². The van der Waals surface area contributed by atoms with Gasteiger partial charge in [0.05, 0.1) is 0 Å². The van der Waals surface area contributed by atoms with E-state index in [9.17, 15) is 79.0 Å². The van der Waals surface area contributed by atoms with Crippen molar-refractivity contribution in [3.63, 3.8) is 0 Å². The van der Waals surface area contributed by atoms with Crippen molar-refractivity contribution in [2.45, 2.75) is 51.4 Å². The average Bonchev–Trinajstić information content (AvgIpc) is 2.52. The molecule has 1 unspecified atom stereocenters. The van der Waals surface area contributed by atoms with E-state index < -0.39 is 58.1 Å². The molecule has 0 aromatic rings. The molecule has 0 aromatic carbocycles. The summed E-state index contributed by atoms with van der Waals surface area (Å²) in [7, 11) is 0. The molecule has 0 saturated carbocycles. The van der Waals surface area contributed by atoms with Gasteiger partial charge in [0.15, 0.2) is 6.67 Å². The van der Waals surface area contributed by atoms with Crippen molar-refractivity contribution in [3.8, 4) is 0 Å². The van der Waals surface area contributed by atoms with Gasteiger partial charge in [-0.25, -0.2) is 8.78 Å². The first kappa shape index (κ1) is 29.5. The molecule has 0 fully saturated rings. The molecule has 30 heavy (non-hydrogen) atoms. The van der Waals surface area contributed by atoms with E-state index in [1.54, 1.807) is 0 Å². The van der Waals surface area contributed by atoms with Crippen LogP contribution in [0.25, 0.3) is 0 Å². The molecule has 0 radical (unpaired) electrons. The molecule has 0 spiro atoms. The molecule has 0 saturated heterocycles. The summed E-state index contributed by atoms with van der Waals surface area (Å²) in [5.74, 6) is -57.0. The number of hydrogen-bond donors (Lipinski definition) is 0. The van der Waals surface area contributed by atoms with Crippen LogP contribution in [0, 0.1) is 0 Å². The summed E-state index contributed by atoms with van der Waals surface area (Å²) in [5, 5.41) is -6.36. The van der Waals surface area contributed by atoms with Gasteiger partial charge in [-0.1, -0.05) is 0 Å². The Labute approximate surface area is 165 Å². The van der Waals surface area contributed by atoms with E-state index in [2.05, 4.69) is 11.6 Å². The molecule has 0 aliphatic rings. The molecule has 182 valence electrons. The molecule has 0 N–H and O–H groups in total. The molecule has 0 amide bonds. The first-order valence-electron chi connectivity index (χ1n) is 6.21. The number of rotatable bonds is 9. The zero-order chi connectivity index (χ0) is 25.2. The second-order valence-electron chi connectivity index (χ2n) is 5.36. The Kier molecular flexibility index (Phi) is 7.14. The zero-order valence-corrected chi connectivity index (χ0v) is 15.1. The summed E-state index contributed by atoms with van der Waals surface area (Å²) >= 11 is 4.00. The summed E-state index contributed by atoms with van der Waals surface area (Å²) < 4.78 is 227. The Bertz CT molecular complexity index is 633. The normalized spacial score (nSPS) is 18.4. The molecule has 0 aliphatic heterocycles. The Morgan fingerprint density at radius 3 is 0.933 bits per heavy atom. The summed E-state index contributed by atoms with van der Waals surface area (Å²) in [5.41, 5.74) is 0. The van der Waals surface area contributed by atoms with Gasteiger partial charge in [-0.3, -0.25) is 0 Å². The van der Waals surface area contributed by atoms with Crippen LogP contribution in [0.1, 0.15) is 0 Å². The lowest BCUT2D eigenvalue weighted by molar-refractivity contribution is -0.447. The Balaban J connectivity index is 6.85. The predicted molar refractivity (Wildman–Crippen MR) is 64.2 cm³/mol. The van der Waals surface area contributed by atoms with E-state index in [1.165, 1.54) is 0 Å². The van der Waals surface area contributed by atoms with Crippen LogP contribution >= 0.6 is 27.5 Å². The summed E-state index contributed by atoms with van der Waals surface area (Å²) in [6, 6.07) is 0. The SMILES string of the molecule is FCC(F)(F)C(F)(F)C(F)(F)C(F)(F)C(F)(F)C(F)(F)C(F)(F)C(F)(Br)C(F)(F)Cl. The maximum absolute atomic E-state index is 13.3. The lowest BCUT2D eigenvalue weighted by atomic mass is 9.88. The molecular weight excluding hydrogens is 577 g/mol. The van der Waals surface area contributed by atoms with Crippen LogP contribution in [0.3, 0.4) is 0 Å². The van der Waals surface area contributed by atoms with Crippen molar-refractivity contribution < 1.29 is 79.0 Å². The third-order valence-electron chi connectivity index (χ3n) is 3.35. The highest BCUT2D eigenvalue weighted by Gasteiger charge is 2.95. The van der Waals surface area contributed by atoms with Crippen LogP contribution in [0.15, 0.2) is 0 Å². The molecule has 0 rings (SSSR count). The molecule has 1 atom stereocenters. The van der Waals surface area contributed by atoms with E-state index in [-0.39, 0.29) is 0 Å². The standard InChI is InChI=1S/C10H2BrClF18/c11-3(16,10(12,29)30)5(19,20)7(23,24)9(27,28)8(25,26)6(21,22)4(17,18)2(14,15)1-13/h1H2. The second-order valence-corrected chi connectivity index (χ2v) is 6.92. The van der Waals surface area contributed by atoms with Crippen molar-refractivity contribution in [3.05, 3.63) is 0 Å². The summed E-state index contributed by atoms with van der Waals surface area (Å²) in [4.78, 5) is 0. The lowest BCUT2D eigenvalue weighted by Gasteiger charge is -2.44. The largest absolute Gasteiger partial charge is 0.384 e. The Hall–Kier alpha value is -0.490. The van der Waals surface area contributed by atoms with Crippen LogP contribution < -0.4 is 0 Å². The fraction of sp³-hybridized carbons (Fsp3) is 1.00. The highest BCUT2D eigenvalue weighted by atomic mass is 79.9. The van der Waals surface area contributed by atoms with E-state index >= 15 is 0 Å². The third kappa shape index (κ3) is 3.48. The molecule has 0 heterocycles. The van der Waals surface area contributed by atoms with E-state index in [0.29, 0.717) is 15.9 Å². The van der Waals surface area contributed by atoms with Gasteiger partial charge in [0.2, 0.25) is 0 Å². The zero-order valence-electron chi connectivity index (χ0n) is 12.8. The van der Waals surface area contributed by atoms with Crippen molar-refractivity contribution in [1.82, 2.24) is 0 Å². The van der Waals surface area contributed by atoms with Gasteiger partial charge in [-0.15, -0.1) is 0 Å². The van der Waals surface area contributed by atoms with Gasteiger partial charge >= 0.3 is 51.4 Å². The fourth-order valence-corrected chi connectivity index (χ4v) is 1.85. The molecular formula is C10H2BrClF18. The van der Waals surface area contributed by atoms with Crippen LogP contribution in [-0.2, 0) is 0 Å². The fourth-order valence-electron chi connectivity index (χ4n) is 1.48. The first-order chi connectivity index (χ1) is 12.6. The van der Waals surface area contributed by atoms with Gasteiger partial charge in [-0.05, 0) is 27.5 Å². The molecule has 0 bridgehead atoms. The van der Waals surface area contributed by atoms with Gasteiger partial charge < -0.3 is 0 Å². The van der Waals surface area contributed by atoms with Crippen molar-refractivity contribution in [1.29, 1.82) is 0 Å². The van der Waals surface area contributed by atoms with Crippen molar-refractivity contribution in [2.75, 3.05) is 6.67 Å². The monoisotopic (exact) mass is 578 g/mol. The lowest BCUT2D eigenvalue weighted by Crippen LogP contribution is -2.75. The highest BCUT2D eigenvalue weighted by molar-refractivity contribution is 9.10. The van der Waals surface area contributed by atoms with Gasteiger partial charge in [0.1, 0.15) is 0 Å². The van der Waals surface area contributed by atoms with Gasteiger partial charge in [0, 0.05) is 0 Å². The first-order valence-corrected chi connectivity index (χ1v) is 7.38. The summed E-state index contributed by atoms with van der Waals surface area (Å²) in [6.45, 7) is -3.96. The predicted octanol–water partition coefficient (Wildman–Crippen LogP) is 7.30. The highest BCUT2D eigenvalue weighted by Crippen LogP contribution is 2.66. The third-order valence-corrected chi connectivity index (χ3v) is 4.83. The van der Waals surface area contributed by atoms with Crippen LogP contribution in [-0.4, -0.2) is 58.1 Å². The van der Waals surface area contributed by atoms with Crippen LogP contribution in [0.2, 0.25) is 0 Å². The molecule has 0 nitrogen and oxygen atoms in total. The van der Waals surface area contributed by atoms with Gasteiger partial charge in [-0.2, -0.15) is 70.2 Å². The quantitative estimate of drug-likeness (QED) is 0.199. The molecule has 20 heteroatoms. The average molecular weight is 579 g/mol. The smallest absolute Gasteiger partial charge is 0.244 e. The van der Waals surface area contributed by atoms with Gasteiger partial charge in [0.25, 0.3) is 0 Å². The molecule has 0 aliphatic carbocycles. The minimum atomic E-state index is -8.66.